The van der Waals surface area contributed by atoms with Crippen molar-refractivity contribution in [1.29, 1.82) is 0 Å². The highest BCUT2D eigenvalue weighted by Crippen LogP contribution is 2.08. The number of rotatable bonds is 12. The molecule has 0 atom stereocenters. The highest BCUT2D eigenvalue weighted by molar-refractivity contribution is 5.66. The van der Waals surface area contributed by atoms with Crippen molar-refractivity contribution in [2.45, 2.75) is 77.6 Å². The minimum absolute atomic E-state index is 0.245. The van der Waals surface area contributed by atoms with Crippen molar-refractivity contribution in [3.8, 4) is 0 Å². The predicted molar refractivity (Wildman–Crippen MR) is 81.9 cm³/mol. The Morgan fingerprint density at radius 3 is 1.50 bits per heavy atom. The Balaban J connectivity index is 0. The molecule has 0 saturated heterocycles. The average Bonchev–Trinajstić information content (AvgIpc) is 2.39. The molecule has 0 radical (unpaired) electrons. The quantitative estimate of drug-likeness (QED) is 0.405. The summed E-state index contributed by atoms with van der Waals surface area (Å²) in [6.45, 7) is 5.78. The first-order valence-corrected chi connectivity index (χ1v) is 7.59. The van der Waals surface area contributed by atoms with Crippen LogP contribution in [0.3, 0.4) is 0 Å². The van der Waals surface area contributed by atoms with Gasteiger partial charge in [0, 0.05) is 12.8 Å². The molecule has 4 nitrogen and oxygen atoms in total. The van der Waals surface area contributed by atoms with E-state index in [9.17, 15) is 9.59 Å². The molecule has 0 aromatic carbocycles. The van der Waals surface area contributed by atoms with Gasteiger partial charge in [0.25, 0.3) is 0 Å². The molecule has 2 N–H and O–H groups in total. The van der Waals surface area contributed by atoms with Gasteiger partial charge in [-0.25, -0.2) is 0 Å². The lowest BCUT2D eigenvalue weighted by Gasteiger charge is -1.98. The van der Waals surface area contributed by atoms with Crippen LogP contribution in [-0.2, 0) is 9.59 Å². The van der Waals surface area contributed by atoms with Crippen LogP contribution in [0.15, 0.2) is 12.7 Å². The summed E-state index contributed by atoms with van der Waals surface area (Å²) in [5.74, 6) is -1.48. The minimum Gasteiger partial charge on any atom is -0.481 e. The van der Waals surface area contributed by atoms with E-state index in [0.717, 1.165) is 38.5 Å². The summed E-state index contributed by atoms with van der Waals surface area (Å²) in [5, 5.41) is 16.7. The molecule has 0 aromatic rings. The Kier molecular flexibility index (Phi) is 18.6. The third-order valence-corrected chi connectivity index (χ3v) is 2.79. The second-order valence-corrected chi connectivity index (χ2v) is 4.84. The lowest BCUT2D eigenvalue weighted by Crippen LogP contribution is -1.94. The fourth-order valence-electron chi connectivity index (χ4n) is 1.61. The molecule has 20 heavy (non-hydrogen) atoms. The van der Waals surface area contributed by atoms with E-state index in [1.807, 2.05) is 6.08 Å². The van der Waals surface area contributed by atoms with Crippen molar-refractivity contribution >= 4 is 11.9 Å². The minimum atomic E-state index is -0.740. The second kappa shape index (κ2) is 17.7. The van der Waals surface area contributed by atoms with Crippen LogP contribution in [0.4, 0.5) is 0 Å². The van der Waals surface area contributed by atoms with E-state index >= 15 is 0 Å². The van der Waals surface area contributed by atoms with Crippen molar-refractivity contribution in [2.75, 3.05) is 0 Å². The fraction of sp³-hybridized carbons (Fsp3) is 0.750. The predicted octanol–water partition coefficient (Wildman–Crippen LogP) is 4.64. The third kappa shape index (κ3) is 25.5. The topological polar surface area (TPSA) is 74.6 Å². The van der Waals surface area contributed by atoms with E-state index in [1.165, 1.54) is 19.3 Å². The first kappa shape index (κ1) is 21.0. The molecule has 0 fully saturated rings. The Labute approximate surface area is 122 Å². The molecule has 0 heterocycles. The summed E-state index contributed by atoms with van der Waals surface area (Å²) >= 11 is 0. The number of carboxylic acids is 2. The van der Waals surface area contributed by atoms with Crippen molar-refractivity contribution in [2.24, 2.45) is 0 Å². The number of carbonyl (C=O) groups is 2. The van der Waals surface area contributed by atoms with E-state index in [-0.39, 0.29) is 12.8 Å². The van der Waals surface area contributed by atoms with E-state index in [1.54, 1.807) is 0 Å². The Morgan fingerprint density at radius 1 is 0.850 bits per heavy atom. The first-order chi connectivity index (χ1) is 9.54. The molecule has 0 amide bonds. The Hall–Kier alpha value is -1.32. The molecule has 0 bridgehead atoms. The van der Waals surface area contributed by atoms with Gasteiger partial charge in [-0.05, 0) is 19.3 Å². The van der Waals surface area contributed by atoms with E-state index in [0.29, 0.717) is 0 Å². The van der Waals surface area contributed by atoms with Gasteiger partial charge in [-0.2, -0.15) is 0 Å². The summed E-state index contributed by atoms with van der Waals surface area (Å²) in [6, 6.07) is 0. The summed E-state index contributed by atoms with van der Waals surface area (Å²) in [7, 11) is 0. The van der Waals surface area contributed by atoms with Crippen LogP contribution in [0.2, 0.25) is 0 Å². The number of aliphatic carboxylic acids is 2. The maximum Gasteiger partial charge on any atom is 0.303 e. The van der Waals surface area contributed by atoms with E-state index in [2.05, 4.69) is 13.5 Å². The monoisotopic (exact) mass is 286 g/mol. The third-order valence-electron chi connectivity index (χ3n) is 2.79. The number of hydrogen-bond acceptors (Lipinski definition) is 2. The molecular weight excluding hydrogens is 256 g/mol. The van der Waals surface area contributed by atoms with Crippen LogP contribution in [0.5, 0.6) is 0 Å². The van der Waals surface area contributed by atoms with Gasteiger partial charge < -0.3 is 10.2 Å². The fourth-order valence-corrected chi connectivity index (χ4v) is 1.61. The number of allylic oxidation sites excluding steroid dienone is 1. The molecule has 0 aromatic heterocycles. The number of hydrogen-bond donors (Lipinski definition) is 2. The molecule has 0 spiro atoms. The van der Waals surface area contributed by atoms with Crippen molar-refractivity contribution < 1.29 is 19.8 Å². The lowest BCUT2D eigenvalue weighted by molar-refractivity contribution is -0.138. The second-order valence-electron chi connectivity index (χ2n) is 4.84. The summed E-state index contributed by atoms with van der Waals surface area (Å²) in [6.07, 6.45) is 11.5. The van der Waals surface area contributed by atoms with Gasteiger partial charge in [-0.1, -0.05) is 51.5 Å². The molecule has 118 valence electrons. The van der Waals surface area contributed by atoms with Crippen LogP contribution in [0.25, 0.3) is 0 Å². The summed E-state index contributed by atoms with van der Waals surface area (Å²) < 4.78 is 0. The highest BCUT2D eigenvalue weighted by atomic mass is 16.4. The van der Waals surface area contributed by atoms with Gasteiger partial charge in [0.1, 0.15) is 0 Å². The Morgan fingerprint density at radius 2 is 1.25 bits per heavy atom. The maximum atomic E-state index is 10.1. The standard InChI is InChI=1S/C10H18O4.C6H12/c11-9(12)7-5-3-1-2-4-6-8-10(13)14;1-3-5-6-4-2/h1-8H2,(H,11,12)(H,13,14);3H,1,4-6H2,2H3. The highest BCUT2D eigenvalue weighted by Gasteiger charge is 1.98. The zero-order valence-corrected chi connectivity index (χ0v) is 12.8. The lowest BCUT2D eigenvalue weighted by atomic mass is 10.1. The van der Waals surface area contributed by atoms with Crippen LogP contribution in [0, 0.1) is 0 Å². The van der Waals surface area contributed by atoms with Gasteiger partial charge in [0.05, 0.1) is 0 Å². The van der Waals surface area contributed by atoms with Gasteiger partial charge in [-0.3, -0.25) is 9.59 Å². The van der Waals surface area contributed by atoms with E-state index < -0.39 is 11.9 Å². The van der Waals surface area contributed by atoms with Crippen LogP contribution >= 0.6 is 0 Å². The molecule has 0 unspecified atom stereocenters. The molecule has 0 rings (SSSR count). The molecule has 0 aliphatic heterocycles. The van der Waals surface area contributed by atoms with Gasteiger partial charge in [0.15, 0.2) is 0 Å². The molecule has 0 saturated carbocycles. The molecular formula is C16H30O4. The zero-order valence-electron chi connectivity index (χ0n) is 12.8. The van der Waals surface area contributed by atoms with Gasteiger partial charge >= 0.3 is 11.9 Å². The van der Waals surface area contributed by atoms with E-state index in [4.69, 9.17) is 10.2 Å². The van der Waals surface area contributed by atoms with Crippen LogP contribution in [0.1, 0.15) is 77.6 Å². The Bertz CT molecular complexity index is 229. The van der Waals surface area contributed by atoms with Crippen molar-refractivity contribution in [3.05, 3.63) is 12.7 Å². The van der Waals surface area contributed by atoms with Crippen LogP contribution in [-0.4, -0.2) is 22.2 Å². The summed E-state index contributed by atoms with van der Waals surface area (Å²) in [4.78, 5) is 20.3. The van der Waals surface area contributed by atoms with Crippen LogP contribution < -0.4 is 0 Å². The van der Waals surface area contributed by atoms with Gasteiger partial charge in [0.2, 0.25) is 0 Å². The largest absolute Gasteiger partial charge is 0.481 e. The van der Waals surface area contributed by atoms with Crippen molar-refractivity contribution in [3.63, 3.8) is 0 Å². The first-order valence-electron chi connectivity index (χ1n) is 7.59. The van der Waals surface area contributed by atoms with Crippen molar-refractivity contribution in [1.82, 2.24) is 0 Å². The van der Waals surface area contributed by atoms with Gasteiger partial charge in [-0.15, -0.1) is 6.58 Å². The molecule has 4 heteroatoms. The molecule has 0 aliphatic carbocycles. The smallest absolute Gasteiger partial charge is 0.303 e. The normalized spacial score (nSPS) is 9.45. The SMILES string of the molecule is C=CCCCC.O=C(O)CCCCCCCCC(=O)O. The maximum absolute atomic E-state index is 10.1. The molecule has 0 aliphatic rings. The number of unbranched alkanes of at least 4 members (excludes halogenated alkanes) is 7. The zero-order chi connectivity index (χ0) is 15.6. The average molecular weight is 286 g/mol. The number of carboxylic acid groups (broad SMARTS) is 2. The summed E-state index contributed by atoms with van der Waals surface area (Å²) in [5.41, 5.74) is 0.